The minimum atomic E-state index is 0.836. The second kappa shape index (κ2) is 6.34. The van der Waals surface area contributed by atoms with Gasteiger partial charge in [-0.05, 0) is 6.42 Å². The average molecular weight is 112 g/mol. The predicted octanol–water partition coefficient (Wildman–Crippen LogP) is 2.38. The van der Waals surface area contributed by atoms with Crippen molar-refractivity contribution in [1.29, 1.82) is 0 Å². The highest BCUT2D eigenvalue weighted by atomic mass is 15.1. The summed E-state index contributed by atoms with van der Waals surface area (Å²) < 4.78 is 0. The molecule has 0 bridgehead atoms. The van der Waals surface area contributed by atoms with Gasteiger partial charge in [-0.25, -0.2) is 0 Å². The Bertz CT molecular complexity index is 76.6. The van der Waals surface area contributed by atoms with E-state index in [2.05, 4.69) is 23.7 Å². The fraction of sp³-hybridized carbons (Fsp3) is 0.667. The second-order valence-corrected chi connectivity index (χ2v) is 1.52. The Morgan fingerprint density at radius 2 is 2.38 bits per heavy atom. The average Bonchev–Trinajstić information content (AvgIpc) is 1.81. The first kappa shape index (κ1) is 7.34. The van der Waals surface area contributed by atoms with Crippen LogP contribution in [0.4, 0.5) is 0 Å². The van der Waals surface area contributed by atoms with E-state index in [-0.39, 0.29) is 0 Å². The van der Waals surface area contributed by atoms with Crippen LogP contribution in [0.2, 0.25) is 0 Å². The summed E-state index contributed by atoms with van der Waals surface area (Å²) in [6.45, 7) is 6.36. The van der Waals surface area contributed by atoms with Gasteiger partial charge in [-0.3, -0.25) is 0 Å². The maximum absolute atomic E-state index is 3.79. The van der Waals surface area contributed by atoms with Gasteiger partial charge in [0.15, 0.2) is 0 Å². The summed E-state index contributed by atoms with van der Waals surface area (Å²) >= 11 is 0. The van der Waals surface area contributed by atoms with E-state index in [0.717, 1.165) is 13.0 Å². The smallest absolute Gasteiger partial charge is 0.0603 e. The van der Waals surface area contributed by atoms with Crippen LogP contribution in [0.5, 0.6) is 0 Å². The molecule has 0 amide bonds. The zero-order chi connectivity index (χ0) is 6.24. The molecule has 0 unspecified atom stereocenters. The summed E-state index contributed by atoms with van der Waals surface area (Å²) in [5.41, 5.74) is 0. The summed E-state index contributed by atoms with van der Waals surface area (Å²) in [7, 11) is 0. The zero-order valence-electron chi connectivity index (χ0n) is 5.30. The summed E-state index contributed by atoms with van der Waals surface area (Å²) in [5, 5.41) is 7.38. The van der Waals surface area contributed by atoms with Gasteiger partial charge in [0.25, 0.3) is 0 Å². The zero-order valence-corrected chi connectivity index (χ0v) is 5.30. The Kier molecular flexibility index (Phi) is 5.82. The van der Waals surface area contributed by atoms with Crippen molar-refractivity contribution in [3.05, 3.63) is 12.8 Å². The molecule has 0 aromatic rings. The normalized spacial score (nSPS) is 10.1. The van der Waals surface area contributed by atoms with E-state index >= 15 is 0 Å². The molecule has 46 valence electrons. The van der Waals surface area contributed by atoms with Crippen molar-refractivity contribution < 1.29 is 0 Å². The fourth-order valence-electron chi connectivity index (χ4n) is 0.344. The third kappa shape index (κ3) is 5.34. The van der Waals surface area contributed by atoms with Crippen LogP contribution in [-0.4, -0.2) is 6.54 Å². The molecule has 0 N–H and O–H groups in total. The maximum Gasteiger partial charge on any atom is 0.0603 e. The quantitative estimate of drug-likeness (QED) is 0.394. The van der Waals surface area contributed by atoms with Crippen LogP contribution in [0.1, 0.15) is 19.8 Å². The highest BCUT2D eigenvalue weighted by Crippen LogP contribution is 1.86. The predicted molar refractivity (Wildman–Crippen MR) is 34.8 cm³/mol. The lowest BCUT2D eigenvalue weighted by atomic mass is 10.3. The lowest BCUT2D eigenvalue weighted by molar-refractivity contribution is 0.779. The van der Waals surface area contributed by atoms with Crippen molar-refractivity contribution in [3.8, 4) is 0 Å². The van der Waals surface area contributed by atoms with Crippen molar-refractivity contribution in [2.24, 2.45) is 10.2 Å². The van der Waals surface area contributed by atoms with Gasteiger partial charge >= 0.3 is 0 Å². The summed E-state index contributed by atoms with van der Waals surface area (Å²) in [6.07, 6.45) is 3.75. The standard InChI is InChI=1S/C6H12N2/c1-3-5-6-8-7-4-2/h4H,2-3,5-6H2,1H3. The van der Waals surface area contributed by atoms with E-state index in [9.17, 15) is 0 Å². The minimum Gasteiger partial charge on any atom is -0.189 e. The first-order valence-electron chi connectivity index (χ1n) is 2.89. The van der Waals surface area contributed by atoms with Crippen molar-refractivity contribution in [2.75, 3.05) is 6.54 Å². The SMILES string of the molecule is C=CN=NCCCC. The topological polar surface area (TPSA) is 24.7 Å². The van der Waals surface area contributed by atoms with Crippen molar-refractivity contribution in [1.82, 2.24) is 0 Å². The van der Waals surface area contributed by atoms with E-state index in [1.807, 2.05) is 0 Å². The van der Waals surface area contributed by atoms with Crippen LogP contribution in [0.15, 0.2) is 23.0 Å². The first-order chi connectivity index (χ1) is 3.91. The summed E-state index contributed by atoms with van der Waals surface area (Å²) in [5.74, 6) is 0. The maximum atomic E-state index is 3.79. The Labute approximate surface area is 50.3 Å². The van der Waals surface area contributed by atoms with Gasteiger partial charge in [0.1, 0.15) is 0 Å². The molecule has 0 aliphatic heterocycles. The Morgan fingerprint density at radius 3 is 2.88 bits per heavy atom. The molecular formula is C6H12N2. The van der Waals surface area contributed by atoms with Crippen LogP contribution in [0, 0.1) is 0 Å². The molecule has 0 fully saturated rings. The van der Waals surface area contributed by atoms with E-state index in [4.69, 9.17) is 0 Å². The molecule has 0 aliphatic rings. The van der Waals surface area contributed by atoms with Crippen molar-refractivity contribution >= 4 is 0 Å². The number of hydrogen-bond acceptors (Lipinski definition) is 2. The Hall–Kier alpha value is -0.660. The summed E-state index contributed by atoms with van der Waals surface area (Å²) in [4.78, 5) is 0. The second-order valence-electron chi connectivity index (χ2n) is 1.52. The lowest BCUT2D eigenvalue weighted by Gasteiger charge is -1.83. The van der Waals surface area contributed by atoms with Gasteiger partial charge in [0, 0.05) is 6.20 Å². The van der Waals surface area contributed by atoms with Crippen LogP contribution in [-0.2, 0) is 0 Å². The van der Waals surface area contributed by atoms with Crippen LogP contribution >= 0.6 is 0 Å². The van der Waals surface area contributed by atoms with Gasteiger partial charge in [-0.2, -0.15) is 10.2 Å². The largest absolute Gasteiger partial charge is 0.189 e. The number of azo groups is 1. The molecule has 0 atom stereocenters. The number of nitrogens with zero attached hydrogens (tertiary/aromatic N) is 2. The molecule has 8 heavy (non-hydrogen) atoms. The lowest BCUT2D eigenvalue weighted by Crippen LogP contribution is -1.73. The van der Waals surface area contributed by atoms with Gasteiger partial charge in [0.2, 0.25) is 0 Å². The molecule has 0 heterocycles. The van der Waals surface area contributed by atoms with E-state index in [0.29, 0.717) is 0 Å². The molecule has 2 nitrogen and oxygen atoms in total. The van der Waals surface area contributed by atoms with Gasteiger partial charge in [-0.1, -0.05) is 19.9 Å². The van der Waals surface area contributed by atoms with Gasteiger partial charge in [0.05, 0.1) is 6.54 Å². The highest BCUT2D eigenvalue weighted by molar-refractivity contribution is 4.57. The van der Waals surface area contributed by atoms with E-state index in [1.54, 1.807) is 0 Å². The number of hydrogen-bond donors (Lipinski definition) is 0. The Balaban J connectivity index is 2.91. The minimum absolute atomic E-state index is 0.836. The molecule has 0 spiro atoms. The fourth-order valence-corrected chi connectivity index (χ4v) is 0.344. The molecule has 0 aromatic heterocycles. The third-order valence-corrected chi connectivity index (χ3v) is 0.775. The van der Waals surface area contributed by atoms with Crippen LogP contribution in [0.3, 0.4) is 0 Å². The van der Waals surface area contributed by atoms with E-state index in [1.165, 1.54) is 12.6 Å². The molecule has 0 saturated carbocycles. The van der Waals surface area contributed by atoms with Gasteiger partial charge < -0.3 is 0 Å². The highest BCUT2D eigenvalue weighted by Gasteiger charge is 1.75. The van der Waals surface area contributed by atoms with Crippen molar-refractivity contribution in [2.45, 2.75) is 19.8 Å². The third-order valence-electron chi connectivity index (χ3n) is 0.775. The monoisotopic (exact) mass is 112 g/mol. The molecule has 2 heteroatoms. The Morgan fingerprint density at radius 1 is 1.62 bits per heavy atom. The molecule has 0 saturated heterocycles. The van der Waals surface area contributed by atoms with Crippen molar-refractivity contribution in [3.63, 3.8) is 0 Å². The van der Waals surface area contributed by atoms with Crippen LogP contribution in [0.25, 0.3) is 0 Å². The molecule has 0 rings (SSSR count). The number of unbranched alkanes of at least 4 members (excludes halogenated alkanes) is 1. The molecule has 0 aliphatic carbocycles. The molecule has 0 aromatic carbocycles. The number of rotatable bonds is 4. The first-order valence-corrected chi connectivity index (χ1v) is 2.89. The van der Waals surface area contributed by atoms with Gasteiger partial charge in [-0.15, -0.1) is 0 Å². The van der Waals surface area contributed by atoms with E-state index < -0.39 is 0 Å². The molecule has 0 radical (unpaired) electrons. The summed E-state index contributed by atoms with van der Waals surface area (Å²) in [6, 6.07) is 0. The van der Waals surface area contributed by atoms with Crippen LogP contribution < -0.4 is 0 Å². The molecular weight excluding hydrogens is 100 g/mol.